The third-order valence-corrected chi connectivity index (χ3v) is 2.72. The highest BCUT2D eigenvalue weighted by molar-refractivity contribution is 7.09. The van der Waals surface area contributed by atoms with Gasteiger partial charge in [-0.3, -0.25) is 4.79 Å². The van der Waals surface area contributed by atoms with Crippen LogP contribution >= 0.6 is 11.3 Å². The molecule has 0 saturated carbocycles. The Balaban J connectivity index is 2.33. The number of amides is 1. The van der Waals surface area contributed by atoms with Gasteiger partial charge in [-0.05, 0) is 13.3 Å². The van der Waals surface area contributed by atoms with Gasteiger partial charge in [-0.2, -0.15) is 0 Å². The van der Waals surface area contributed by atoms with Gasteiger partial charge in [0.25, 0.3) is 0 Å². The van der Waals surface area contributed by atoms with Gasteiger partial charge in [-0.25, -0.2) is 4.98 Å². The molecular formula is C9H14N2O2S. The number of nitrogens with zero attached hydrogens (tertiary/aromatic N) is 1. The minimum Gasteiger partial charge on any atom is -0.396 e. The molecule has 0 aromatic carbocycles. The van der Waals surface area contributed by atoms with Gasteiger partial charge in [-0.15, -0.1) is 11.3 Å². The number of aromatic nitrogens is 1. The van der Waals surface area contributed by atoms with E-state index in [0.717, 1.165) is 5.01 Å². The van der Waals surface area contributed by atoms with Gasteiger partial charge in [0.2, 0.25) is 5.91 Å². The van der Waals surface area contributed by atoms with Gasteiger partial charge >= 0.3 is 0 Å². The van der Waals surface area contributed by atoms with Crippen molar-refractivity contribution in [3.63, 3.8) is 0 Å². The summed E-state index contributed by atoms with van der Waals surface area (Å²) in [5.41, 5.74) is 0. The van der Waals surface area contributed by atoms with Crippen LogP contribution < -0.4 is 5.32 Å². The number of carbonyl (C=O) groups is 1. The van der Waals surface area contributed by atoms with Crippen LogP contribution in [-0.4, -0.2) is 22.6 Å². The number of thiazole rings is 1. The van der Waals surface area contributed by atoms with Crippen molar-refractivity contribution >= 4 is 17.2 Å². The second-order valence-corrected chi connectivity index (χ2v) is 3.91. The minimum absolute atomic E-state index is 0.0400. The van der Waals surface area contributed by atoms with Crippen LogP contribution in [0.5, 0.6) is 0 Å². The first kappa shape index (κ1) is 11.1. The summed E-state index contributed by atoms with van der Waals surface area (Å²) in [7, 11) is 0. The zero-order chi connectivity index (χ0) is 10.4. The van der Waals surface area contributed by atoms with Crippen LogP contribution in [0.2, 0.25) is 0 Å². The SMILES string of the molecule is CC(NC(=O)CCCO)c1nccs1. The molecule has 4 nitrogen and oxygen atoms in total. The van der Waals surface area contributed by atoms with Gasteiger partial charge in [0.15, 0.2) is 0 Å². The lowest BCUT2D eigenvalue weighted by atomic mass is 10.3. The third-order valence-electron chi connectivity index (χ3n) is 1.76. The summed E-state index contributed by atoms with van der Waals surface area (Å²) in [5.74, 6) is -0.0400. The molecule has 1 heterocycles. The smallest absolute Gasteiger partial charge is 0.220 e. The molecule has 0 radical (unpaired) electrons. The number of carbonyl (C=O) groups excluding carboxylic acids is 1. The summed E-state index contributed by atoms with van der Waals surface area (Å²) < 4.78 is 0. The summed E-state index contributed by atoms with van der Waals surface area (Å²) in [6.07, 6.45) is 2.60. The molecule has 1 aromatic rings. The number of aliphatic hydroxyl groups is 1. The Morgan fingerprint density at radius 3 is 3.14 bits per heavy atom. The normalized spacial score (nSPS) is 12.4. The number of rotatable bonds is 5. The Kier molecular flexibility index (Phi) is 4.55. The minimum atomic E-state index is -0.0406. The highest BCUT2D eigenvalue weighted by Gasteiger charge is 2.10. The summed E-state index contributed by atoms with van der Waals surface area (Å²) in [6.45, 7) is 1.95. The van der Waals surface area contributed by atoms with Crippen LogP contribution in [0, 0.1) is 0 Å². The van der Waals surface area contributed by atoms with E-state index in [4.69, 9.17) is 5.11 Å². The average Bonchev–Trinajstić information content (AvgIpc) is 2.67. The monoisotopic (exact) mass is 214 g/mol. The molecule has 0 spiro atoms. The summed E-state index contributed by atoms with van der Waals surface area (Å²) >= 11 is 1.52. The molecule has 0 aliphatic rings. The van der Waals surface area contributed by atoms with E-state index in [2.05, 4.69) is 10.3 Å². The Morgan fingerprint density at radius 2 is 2.57 bits per heavy atom. The molecule has 1 amide bonds. The van der Waals surface area contributed by atoms with Crippen LogP contribution in [0.25, 0.3) is 0 Å². The molecule has 78 valence electrons. The van der Waals surface area contributed by atoms with E-state index in [9.17, 15) is 4.79 Å². The molecule has 1 rings (SSSR count). The largest absolute Gasteiger partial charge is 0.396 e. The van der Waals surface area contributed by atoms with E-state index in [0.29, 0.717) is 12.8 Å². The summed E-state index contributed by atoms with van der Waals surface area (Å²) in [5, 5.41) is 14.1. The lowest BCUT2D eigenvalue weighted by Gasteiger charge is -2.10. The average molecular weight is 214 g/mol. The molecule has 1 atom stereocenters. The maximum atomic E-state index is 11.3. The molecule has 1 unspecified atom stereocenters. The van der Waals surface area contributed by atoms with Crippen molar-refractivity contribution in [3.05, 3.63) is 16.6 Å². The third kappa shape index (κ3) is 3.43. The van der Waals surface area contributed by atoms with E-state index in [-0.39, 0.29) is 18.6 Å². The van der Waals surface area contributed by atoms with Crippen LogP contribution in [0.15, 0.2) is 11.6 Å². The van der Waals surface area contributed by atoms with Crippen molar-refractivity contribution in [2.45, 2.75) is 25.8 Å². The van der Waals surface area contributed by atoms with Gasteiger partial charge in [0.1, 0.15) is 5.01 Å². The lowest BCUT2D eigenvalue weighted by molar-refractivity contribution is -0.122. The Bertz CT molecular complexity index is 274. The van der Waals surface area contributed by atoms with Crippen LogP contribution in [0.3, 0.4) is 0 Å². The van der Waals surface area contributed by atoms with E-state index in [1.165, 1.54) is 11.3 Å². The van der Waals surface area contributed by atoms with Crippen molar-refractivity contribution in [3.8, 4) is 0 Å². The van der Waals surface area contributed by atoms with Crippen molar-refractivity contribution in [2.24, 2.45) is 0 Å². The first-order valence-electron chi connectivity index (χ1n) is 4.53. The maximum absolute atomic E-state index is 11.3. The molecule has 1 aromatic heterocycles. The molecule has 0 aliphatic heterocycles. The first-order chi connectivity index (χ1) is 6.74. The predicted octanol–water partition coefficient (Wildman–Crippen LogP) is 1.09. The van der Waals surface area contributed by atoms with Crippen molar-refractivity contribution in [2.75, 3.05) is 6.61 Å². The molecule has 14 heavy (non-hydrogen) atoms. The summed E-state index contributed by atoms with van der Waals surface area (Å²) in [4.78, 5) is 15.4. The Labute approximate surface area is 87.0 Å². The number of hydrogen-bond acceptors (Lipinski definition) is 4. The van der Waals surface area contributed by atoms with Gasteiger partial charge in [0, 0.05) is 24.6 Å². The van der Waals surface area contributed by atoms with E-state index in [1.54, 1.807) is 6.20 Å². The molecule has 0 bridgehead atoms. The van der Waals surface area contributed by atoms with Gasteiger partial charge in [-0.1, -0.05) is 0 Å². The molecule has 2 N–H and O–H groups in total. The van der Waals surface area contributed by atoms with Crippen LogP contribution in [0.4, 0.5) is 0 Å². The number of nitrogens with one attached hydrogen (secondary N) is 1. The fourth-order valence-corrected chi connectivity index (χ4v) is 1.71. The molecular weight excluding hydrogens is 200 g/mol. The molecule has 5 heteroatoms. The topological polar surface area (TPSA) is 62.2 Å². The lowest BCUT2D eigenvalue weighted by Crippen LogP contribution is -2.26. The van der Waals surface area contributed by atoms with E-state index < -0.39 is 0 Å². The van der Waals surface area contributed by atoms with E-state index >= 15 is 0 Å². The maximum Gasteiger partial charge on any atom is 0.220 e. The molecule has 0 fully saturated rings. The van der Waals surface area contributed by atoms with Gasteiger partial charge in [0.05, 0.1) is 6.04 Å². The zero-order valence-corrected chi connectivity index (χ0v) is 8.88. The first-order valence-corrected chi connectivity index (χ1v) is 5.41. The fraction of sp³-hybridized carbons (Fsp3) is 0.556. The fourth-order valence-electron chi connectivity index (χ4n) is 1.06. The Morgan fingerprint density at radius 1 is 1.79 bits per heavy atom. The summed E-state index contributed by atoms with van der Waals surface area (Å²) in [6, 6.07) is -0.0406. The second kappa shape index (κ2) is 5.72. The standard InChI is InChI=1S/C9H14N2O2S/c1-7(9-10-4-6-14-9)11-8(13)3-2-5-12/h4,6-7,12H,2-3,5H2,1H3,(H,11,13). The highest BCUT2D eigenvalue weighted by Crippen LogP contribution is 2.14. The van der Waals surface area contributed by atoms with Crippen molar-refractivity contribution < 1.29 is 9.90 Å². The van der Waals surface area contributed by atoms with E-state index in [1.807, 2.05) is 12.3 Å². The van der Waals surface area contributed by atoms with Crippen molar-refractivity contribution in [1.29, 1.82) is 0 Å². The predicted molar refractivity (Wildman–Crippen MR) is 55.0 cm³/mol. The number of hydrogen-bond donors (Lipinski definition) is 2. The Hall–Kier alpha value is -0.940. The second-order valence-electron chi connectivity index (χ2n) is 2.99. The van der Waals surface area contributed by atoms with Crippen LogP contribution in [-0.2, 0) is 4.79 Å². The molecule has 0 saturated heterocycles. The van der Waals surface area contributed by atoms with Crippen molar-refractivity contribution in [1.82, 2.24) is 10.3 Å². The zero-order valence-electron chi connectivity index (χ0n) is 8.06. The van der Waals surface area contributed by atoms with Crippen LogP contribution in [0.1, 0.15) is 30.8 Å². The van der Waals surface area contributed by atoms with Gasteiger partial charge < -0.3 is 10.4 Å². The quantitative estimate of drug-likeness (QED) is 0.771. The highest BCUT2D eigenvalue weighted by atomic mass is 32.1. The number of aliphatic hydroxyl groups excluding tert-OH is 1. The molecule has 0 aliphatic carbocycles.